The molecule has 0 saturated heterocycles. The van der Waals surface area contributed by atoms with Crippen LogP contribution < -0.4 is 22.0 Å². The number of carbonyl (C=O) groups is 6. The number of hydrogen-bond acceptors (Lipinski definition) is 20. The van der Waals surface area contributed by atoms with E-state index in [9.17, 15) is 43.5 Å². The molecule has 498 valence electrons. The third-order valence-electron chi connectivity index (χ3n) is 18.4. The molecular weight excluding hydrogens is 1280 g/mol. The number of carboxylic acid groups (broad SMARTS) is 1. The van der Waals surface area contributed by atoms with Gasteiger partial charge in [-0.25, -0.2) is 29.1 Å². The van der Waals surface area contributed by atoms with E-state index in [-0.39, 0.29) is 62.3 Å². The summed E-state index contributed by atoms with van der Waals surface area (Å²) in [6.07, 6.45) is -2.06. The average molecular weight is 1340 g/mol. The number of aliphatic carboxylic acids is 1. The number of carboxylic acids is 1. The molecule has 0 spiro atoms. The van der Waals surface area contributed by atoms with Gasteiger partial charge in [-0.2, -0.15) is 0 Å². The minimum absolute atomic E-state index is 0. The number of ether oxygens (including phenoxy) is 3. The van der Waals surface area contributed by atoms with Gasteiger partial charge in [-0.3, -0.25) is 19.2 Å². The van der Waals surface area contributed by atoms with Crippen molar-refractivity contribution in [1.82, 2.24) is 19.1 Å². The largest absolute Gasteiger partial charge is 0.535 e. The van der Waals surface area contributed by atoms with Crippen LogP contribution in [0.2, 0.25) is 0 Å². The Morgan fingerprint density at radius 3 is 1.40 bits per heavy atom. The van der Waals surface area contributed by atoms with E-state index < -0.39 is 47.3 Å². The number of hydrogen-bond donors (Lipinski definition) is 2. The molecule has 10 aromatic rings. The number of cyclic esters (lactones) is 2. The van der Waals surface area contributed by atoms with Crippen molar-refractivity contribution in [2.45, 2.75) is 97.7 Å². The van der Waals surface area contributed by atoms with Gasteiger partial charge in [0.2, 0.25) is 17.8 Å². The fourth-order valence-electron chi connectivity index (χ4n) is 13.3. The number of carbonyl (C=O) groups excluding carboxylic acids is 5. The fraction of sp³-hybridized carbons (Fsp3) is 0.200. The van der Waals surface area contributed by atoms with E-state index in [0.717, 1.165) is 66.4 Å². The zero-order valence-electron chi connectivity index (χ0n) is 53.4. The highest BCUT2D eigenvalue weighted by Crippen LogP contribution is 2.44. The number of oxime groups is 2. The van der Waals surface area contributed by atoms with Gasteiger partial charge in [-0.05, 0) is 96.3 Å². The van der Waals surface area contributed by atoms with E-state index in [1.165, 1.54) is 28.8 Å². The summed E-state index contributed by atoms with van der Waals surface area (Å²) in [5.41, 5.74) is 12.5. The van der Waals surface area contributed by atoms with Crippen molar-refractivity contribution in [3.8, 4) is 45.0 Å². The Morgan fingerprint density at radius 1 is 0.570 bits per heavy atom. The molecule has 100 heavy (non-hydrogen) atoms. The molecule has 2 radical (unpaired) electrons. The summed E-state index contributed by atoms with van der Waals surface area (Å²) < 4.78 is 29.2. The van der Waals surface area contributed by atoms with Crippen LogP contribution in [0.5, 0.6) is 0 Å². The highest BCUT2D eigenvalue weighted by Gasteiger charge is 2.52. The smallest absolute Gasteiger partial charge is 0.412 e. The molecule has 2 N–H and O–H groups in total. The lowest BCUT2D eigenvalue weighted by Crippen LogP contribution is -2.48. The van der Waals surface area contributed by atoms with Crippen LogP contribution in [0.25, 0.3) is 66.8 Å². The molecule has 16 rings (SSSR count). The summed E-state index contributed by atoms with van der Waals surface area (Å²) in [6.45, 7) is 7.17. The van der Waals surface area contributed by atoms with Crippen LogP contribution in [0, 0.1) is 0 Å². The second-order valence-electron chi connectivity index (χ2n) is 24.1. The Hall–Kier alpha value is -12.1. The first kappa shape index (κ1) is 66.5. The molecule has 23 nitrogen and oxygen atoms in total. The number of nitrogens with zero attached hydrogens (tertiary/aromatic N) is 6. The summed E-state index contributed by atoms with van der Waals surface area (Å²) in [4.78, 5) is 119. The molecule has 2 unspecified atom stereocenters. The lowest BCUT2D eigenvalue weighted by atomic mass is 9.85. The summed E-state index contributed by atoms with van der Waals surface area (Å²) in [7, 11) is 2.68. The molecule has 0 bridgehead atoms. The van der Waals surface area contributed by atoms with E-state index in [1.807, 2.05) is 121 Å². The number of pyridine rings is 4. The van der Waals surface area contributed by atoms with Crippen molar-refractivity contribution < 1.29 is 72.2 Å². The van der Waals surface area contributed by atoms with E-state index in [4.69, 9.17) is 43.6 Å². The molecule has 0 amide bonds. The maximum atomic E-state index is 13.9. The van der Waals surface area contributed by atoms with Crippen LogP contribution in [0.4, 0.5) is 0 Å². The molecule has 2 aliphatic carbocycles. The third-order valence-corrected chi connectivity index (χ3v) is 18.4. The Morgan fingerprint density at radius 2 is 0.980 bits per heavy atom. The van der Waals surface area contributed by atoms with E-state index >= 15 is 0 Å². The number of fused-ring (bicyclic) bond motifs is 16. The maximum absolute atomic E-state index is 13.9. The Kier molecular flexibility index (Phi) is 17.8. The minimum Gasteiger partial charge on any atom is -0.535 e. The standard InChI is InChI=1S/C37H27BN3O8.C21H16BN2O6.C16H13NO3.CH4/c1-3-37(48-35(44)20(2)49-40-33-26-10-6-4-8-24(26)25-9-5-7-11-27(25)33)29-16-31-32-22(17-41(31)34(43)28(29)18-46-36(37)45)14-21-15-23(38-47-19-42)12-13-30(21)39-32;1-2-21(28)15-7-17-18-12(8-24(17)19(26)14(15)9-29-20(21)27)5-11-6-13(22-30-10-25)3-4-16(11)23-18;1-10(16(18)19)20-17-15-13-8-4-2-6-11(13)12-7-3-5-9-14(12)15;/h4-16,19-20H,3,17-18H2,1-2H3;3-7,10,28H,2,8-9H2,1H3;2-10H,1H3,(H,18,19);1H4/t20?,37-;21-;;/m00../s1. The summed E-state index contributed by atoms with van der Waals surface area (Å²) in [5, 5.41) is 29.8. The van der Waals surface area contributed by atoms with Crippen molar-refractivity contribution >= 4 is 95.9 Å². The SMILES string of the molecule is C.CC(ON=C1c2ccccc2-c2ccccc21)C(=O)O.CC[C@@]1(O)C(=O)OCc2c1cc1n(c2=O)Cc2cc3cc([B]OC=O)ccc3nc2-1.CC[C@@]1(OC(=O)C(C)ON=C2c3ccccc3-c3ccccc32)C(=O)OCc2c1cc1n(c2=O)Cc2cc3cc([B]OC=O)ccc3nc2-1. The molecule has 6 aromatic carbocycles. The van der Waals surface area contributed by atoms with Gasteiger partial charge in [0.05, 0.1) is 58.0 Å². The molecule has 8 heterocycles. The van der Waals surface area contributed by atoms with E-state index in [1.54, 1.807) is 59.4 Å². The summed E-state index contributed by atoms with van der Waals surface area (Å²) in [5.74, 6) is -3.39. The van der Waals surface area contributed by atoms with Gasteiger partial charge in [-0.15, -0.1) is 0 Å². The predicted octanol–water partition coefficient (Wildman–Crippen LogP) is 7.93. The van der Waals surface area contributed by atoms with Gasteiger partial charge >= 0.3 is 38.8 Å². The van der Waals surface area contributed by atoms with Gasteiger partial charge in [0.25, 0.3) is 24.1 Å². The van der Waals surface area contributed by atoms with E-state index in [2.05, 4.69) is 15.0 Å². The zero-order chi connectivity index (χ0) is 69.0. The van der Waals surface area contributed by atoms with Gasteiger partial charge in [0, 0.05) is 55.3 Å². The number of aromatic nitrogens is 4. The monoisotopic (exact) mass is 1340 g/mol. The van der Waals surface area contributed by atoms with Crippen molar-refractivity contribution in [2.24, 2.45) is 10.3 Å². The van der Waals surface area contributed by atoms with Gasteiger partial charge < -0.3 is 52.5 Å². The van der Waals surface area contributed by atoms with Gasteiger partial charge in [0.15, 0.2) is 5.60 Å². The van der Waals surface area contributed by atoms with Crippen molar-refractivity contribution in [3.63, 3.8) is 0 Å². The number of benzene rings is 6. The van der Waals surface area contributed by atoms with Crippen LogP contribution in [0.15, 0.2) is 178 Å². The first-order chi connectivity index (χ1) is 48.0. The van der Waals surface area contributed by atoms with Crippen LogP contribution in [-0.4, -0.2) is 105 Å². The van der Waals surface area contributed by atoms with Crippen LogP contribution in [0.1, 0.15) is 104 Å². The fourth-order valence-corrected chi connectivity index (χ4v) is 13.3. The van der Waals surface area contributed by atoms with E-state index in [0.29, 0.717) is 86.8 Å². The molecule has 4 atom stereocenters. The van der Waals surface area contributed by atoms with Crippen LogP contribution in [0.3, 0.4) is 0 Å². The van der Waals surface area contributed by atoms with Crippen molar-refractivity contribution in [1.29, 1.82) is 0 Å². The third kappa shape index (κ3) is 11.4. The lowest BCUT2D eigenvalue weighted by molar-refractivity contribution is -0.195. The topological polar surface area (TPSA) is 302 Å². The molecule has 4 aromatic heterocycles. The first-order valence-electron chi connectivity index (χ1n) is 31.6. The van der Waals surface area contributed by atoms with Gasteiger partial charge in [0.1, 0.15) is 24.6 Å². The van der Waals surface area contributed by atoms with Crippen LogP contribution >= 0.6 is 0 Å². The molecule has 0 fully saturated rings. The Labute approximate surface area is 571 Å². The van der Waals surface area contributed by atoms with Crippen molar-refractivity contribution in [2.75, 3.05) is 0 Å². The number of aliphatic hydroxyl groups is 1. The molecule has 25 heteroatoms. The van der Waals surface area contributed by atoms with Crippen LogP contribution in [-0.2, 0) is 99.5 Å². The molecule has 0 saturated carbocycles. The van der Waals surface area contributed by atoms with Gasteiger partial charge in [-0.1, -0.05) is 153 Å². The molecule has 6 aliphatic rings. The number of esters is 3. The quantitative estimate of drug-likeness (QED) is 0.0323. The molecule has 4 aliphatic heterocycles. The zero-order valence-corrected chi connectivity index (χ0v) is 53.4. The highest BCUT2D eigenvalue weighted by molar-refractivity contribution is 6.49. The van der Waals surface area contributed by atoms with Crippen molar-refractivity contribution in [3.05, 3.63) is 234 Å². The average Bonchev–Trinajstić information content (AvgIpc) is 1.46. The second kappa shape index (κ2) is 26.7. The second-order valence-corrected chi connectivity index (χ2v) is 24.1. The summed E-state index contributed by atoms with van der Waals surface area (Å²) in [6, 6.07) is 49.4. The number of rotatable bonds is 15. The molecular formula is C75H60B2N6O17. The lowest BCUT2D eigenvalue weighted by Gasteiger charge is -2.36. The first-order valence-corrected chi connectivity index (χ1v) is 31.6. The Bertz CT molecular complexity index is 5210. The highest BCUT2D eigenvalue weighted by atomic mass is 16.7. The minimum atomic E-state index is -1.89. The maximum Gasteiger partial charge on any atom is 0.412 e. The Balaban J connectivity index is 0.000000149. The normalized spacial score (nSPS) is 16.7. The summed E-state index contributed by atoms with van der Waals surface area (Å²) >= 11 is 0. The predicted molar refractivity (Wildman–Crippen MR) is 368 cm³/mol.